The van der Waals surface area contributed by atoms with Crippen LogP contribution in [-0.2, 0) is 28.4 Å². The normalized spacial score (nSPS) is 12.7. The first-order chi connectivity index (χ1) is 10.3. The molecule has 0 saturated carbocycles. The van der Waals surface area contributed by atoms with Gasteiger partial charge in [-0.1, -0.05) is 0 Å². The Balaban J connectivity index is 2.96. The molecule has 1 atom stereocenters. The van der Waals surface area contributed by atoms with Gasteiger partial charge in [-0.3, -0.25) is 0 Å². The standard InChI is InChI=1S/C13H28O7S/c1-15-13(21)12-20-11-10-19-9-8-18-7-6-17-5-4-16-3-2-14/h13-14,21H,2-12H2,1H3. The van der Waals surface area contributed by atoms with Gasteiger partial charge in [-0.15, -0.1) is 12.6 Å². The van der Waals surface area contributed by atoms with E-state index in [1.165, 1.54) is 0 Å². The van der Waals surface area contributed by atoms with Crippen LogP contribution in [0.4, 0.5) is 0 Å². The third kappa shape index (κ3) is 18.0. The minimum absolute atomic E-state index is 0.0375. The van der Waals surface area contributed by atoms with Crippen molar-refractivity contribution >= 4 is 12.6 Å². The molecule has 0 rings (SSSR count). The maximum atomic E-state index is 8.48. The van der Waals surface area contributed by atoms with Gasteiger partial charge in [0.15, 0.2) is 0 Å². The first-order valence-corrected chi connectivity index (χ1v) is 7.53. The Hall–Kier alpha value is 0.0700. The number of aliphatic hydroxyl groups excluding tert-OH is 1. The number of thiol groups is 1. The third-order valence-corrected chi connectivity index (χ3v) is 2.62. The number of ether oxygens (including phenoxy) is 6. The SMILES string of the molecule is COC(S)COCCOCCOCCOCCOCCO. The van der Waals surface area contributed by atoms with Gasteiger partial charge >= 0.3 is 0 Å². The van der Waals surface area contributed by atoms with Gasteiger partial charge < -0.3 is 33.5 Å². The lowest BCUT2D eigenvalue weighted by Crippen LogP contribution is -2.16. The highest BCUT2D eigenvalue weighted by atomic mass is 32.1. The van der Waals surface area contributed by atoms with E-state index < -0.39 is 0 Å². The first-order valence-electron chi connectivity index (χ1n) is 7.01. The van der Waals surface area contributed by atoms with Gasteiger partial charge in [0.05, 0.1) is 72.7 Å². The van der Waals surface area contributed by atoms with E-state index in [9.17, 15) is 0 Å². The Kier molecular flexibility index (Phi) is 18.2. The maximum Gasteiger partial charge on any atom is 0.123 e. The van der Waals surface area contributed by atoms with Gasteiger partial charge in [-0.2, -0.15) is 0 Å². The fourth-order valence-corrected chi connectivity index (χ4v) is 1.30. The number of methoxy groups -OCH3 is 1. The van der Waals surface area contributed by atoms with Crippen LogP contribution in [0.25, 0.3) is 0 Å². The van der Waals surface area contributed by atoms with Crippen molar-refractivity contribution in [3.8, 4) is 0 Å². The molecule has 0 saturated heterocycles. The summed E-state index contributed by atoms with van der Waals surface area (Å²) in [5.74, 6) is 0. The number of hydrogen-bond acceptors (Lipinski definition) is 8. The maximum absolute atomic E-state index is 8.48. The highest BCUT2D eigenvalue weighted by molar-refractivity contribution is 7.80. The molecular weight excluding hydrogens is 300 g/mol. The molecular formula is C13H28O7S. The Morgan fingerprint density at radius 2 is 1.10 bits per heavy atom. The van der Waals surface area contributed by atoms with Crippen LogP contribution in [0, 0.1) is 0 Å². The molecule has 0 aliphatic carbocycles. The van der Waals surface area contributed by atoms with Gasteiger partial charge in [0.25, 0.3) is 0 Å². The highest BCUT2D eigenvalue weighted by Crippen LogP contribution is 1.95. The summed E-state index contributed by atoms with van der Waals surface area (Å²) in [5, 5.41) is 8.48. The molecule has 0 radical (unpaired) electrons. The summed E-state index contributed by atoms with van der Waals surface area (Å²) in [6.45, 7) is 4.94. The zero-order chi connectivity index (χ0) is 15.6. The van der Waals surface area contributed by atoms with Crippen molar-refractivity contribution < 1.29 is 33.5 Å². The van der Waals surface area contributed by atoms with Crippen molar-refractivity contribution in [2.24, 2.45) is 0 Å². The minimum atomic E-state index is -0.192. The molecule has 0 aromatic heterocycles. The summed E-state index contributed by atoms with van der Waals surface area (Å²) in [7, 11) is 1.58. The average Bonchev–Trinajstić information content (AvgIpc) is 2.50. The fraction of sp³-hybridized carbons (Fsp3) is 1.00. The Morgan fingerprint density at radius 1 is 0.714 bits per heavy atom. The molecule has 0 bridgehead atoms. The van der Waals surface area contributed by atoms with E-state index in [2.05, 4.69) is 12.6 Å². The van der Waals surface area contributed by atoms with Crippen molar-refractivity contribution in [3.63, 3.8) is 0 Å². The molecule has 0 heterocycles. The van der Waals surface area contributed by atoms with Crippen LogP contribution in [0.1, 0.15) is 0 Å². The summed E-state index contributed by atoms with van der Waals surface area (Å²) in [6.07, 6.45) is 0. The van der Waals surface area contributed by atoms with Crippen LogP contribution in [-0.4, -0.2) is 90.3 Å². The molecule has 21 heavy (non-hydrogen) atoms. The fourth-order valence-electron chi connectivity index (χ4n) is 1.20. The Morgan fingerprint density at radius 3 is 1.48 bits per heavy atom. The summed E-state index contributed by atoms with van der Waals surface area (Å²) < 4.78 is 31.1. The van der Waals surface area contributed by atoms with Crippen LogP contribution in [0.5, 0.6) is 0 Å². The number of aliphatic hydroxyl groups is 1. The molecule has 0 spiro atoms. The van der Waals surface area contributed by atoms with Gasteiger partial charge in [-0.05, 0) is 0 Å². The highest BCUT2D eigenvalue weighted by Gasteiger charge is 1.99. The largest absolute Gasteiger partial charge is 0.394 e. The van der Waals surface area contributed by atoms with E-state index in [1.54, 1.807) is 7.11 Å². The van der Waals surface area contributed by atoms with Gasteiger partial charge in [0.2, 0.25) is 0 Å². The molecule has 128 valence electrons. The van der Waals surface area contributed by atoms with E-state index >= 15 is 0 Å². The van der Waals surface area contributed by atoms with Crippen LogP contribution in [0.3, 0.4) is 0 Å². The van der Waals surface area contributed by atoms with E-state index in [-0.39, 0.29) is 12.0 Å². The molecule has 0 aliphatic rings. The van der Waals surface area contributed by atoms with E-state index in [1.807, 2.05) is 0 Å². The van der Waals surface area contributed by atoms with Crippen molar-refractivity contribution in [2.75, 3.05) is 79.8 Å². The molecule has 7 nitrogen and oxygen atoms in total. The predicted molar refractivity (Wildman–Crippen MR) is 81.0 cm³/mol. The predicted octanol–water partition coefficient (Wildman–Crippen LogP) is -0.0360. The van der Waals surface area contributed by atoms with Gasteiger partial charge in [0.1, 0.15) is 5.44 Å². The summed E-state index contributed by atoms with van der Waals surface area (Å²) in [4.78, 5) is 0. The second-order valence-corrected chi connectivity index (χ2v) is 4.51. The summed E-state index contributed by atoms with van der Waals surface area (Å²) in [5.41, 5.74) is -0.192. The Labute approximate surface area is 132 Å². The lowest BCUT2D eigenvalue weighted by Gasteiger charge is -2.10. The molecule has 8 heteroatoms. The zero-order valence-electron chi connectivity index (χ0n) is 12.7. The smallest absolute Gasteiger partial charge is 0.123 e. The molecule has 0 aromatic carbocycles. The number of hydrogen-bond donors (Lipinski definition) is 2. The zero-order valence-corrected chi connectivity index (χ0v) is 13.6. The molecule has 1 unspecified atom stereocenters. The quantitative estimate of drug-likeness (QED) is 0.220. The van der Waals surface area contributed by atoms with E-state index in [0.717, 1.165) is 0 Å². The van der Waals surface area contributed by atoms with Crippen molar-refractivity contribution in [1.82, 2.24) is 0 Å². The summed E-state index contributed by atoms with van der Waals surface area (Å²) in [6, 6.07) is 0. The molecule has 0 aromatic rings. The second kappa shape index (κ2) is 18.1. The first kappa shape index (κ1) is 21.1. The average molecular weight is 328 g/mol. The van der Waals surface area contributed by atoms with Crippen LogP contribution >= 0.6 is 12.6 Å². The number of rotatable bonds is 17. The molecule has 0 aliphatic heterocycles. The Bertz CT molecular complexity index is 197. The third-order valence-electron chi connectivity index (χ3n) is 2.26. The lowest BCUT2D eigenvalue weighted by molar-refractivity contribution is -0.0182. The minimum Gasteiger partial charge on any atom is -0.394 e. The molecule has 0 fully saturated rings. The summed E-state index contributed by atoms with van der Waals surface area (Å²) >= 11 is 4.11. The van der Waals surface area contributed by atoms with E-state index in [4.69, 9.17) is 33.5 Å². The van der Waals surface area contributed by atoms with Gasteiger partial charge in [-0.25, -0.2) is 0 Å². The van der Waals surface area contributed by atoms with Crippen LogP contribution in [0.2, 0.25) is 0 Å². The lowest BCUT2D eigenvalue weighted by atomic mass is 10.7. The second-order valence-electron chi connectivity index (χ2n) is 3.94. The molecule has 1 N–H and O–H groups in total. The van der Waals surface area contributed by atoms with Crippen LogP contribution in [0.15, 0.2) is 0 Å². The topological polar surface area (TPSA) is 75.6 Å². The monoisotopic (exact) mass is 328 g/mol. The van der Waals surface area contributed by atoms with Gasteiger partial charge in [0, 0.05) is 7.11 Å². The van der Waals surface area contributed by atoms with Crippen molar-refractivity contribution in [3.05, 3.63) is 0 Å². The van der Waals surface area contributed by atoms with Crippen LogP contribution < -0.4 is 0 Å². The van der Waals surface area contributed by atoms with Crippen molar-refractivity contribution in [1.29, 1.82) is 0 Å². The van der Waals surface area contributed by atoms with Crippen molar-refractivity contribution in [2.45, 2.75) is 5.44 Å². The van der Waals surface area contributed by atoms with E-state index in [0.29, 0.717) is 66.1 Å². The molecule has 0 amide bonds.